The number of nitrogens with zero attached hydrogens (tertiary/aromatic N) is 6. The molecule has 0 spiro atoms. The van der Waals surface area contributed by atoms with Crippen molar-refractivity contribution < 1.29 is 14.3 Å². The van der Waals surface area contributed by atoms with Crippen LogP contribution in [0, 0.1) is 0 Å². The van der Waals surface area contributed by atoms with Gasteiger partial charge in [-0.1, -0.05) is 26.8 Å². The van der Waals surface area contributed by atoms with E-state index in [9.17, 15) is 9.59 Å². The Hall–Kier alpha value is -3.36. The zero-order chi connectivity index (χ0) is 26.7. The summed E-state index contributed by atoms with van der Waals surface area (Å²) < 4.78 is 8.64. The highest BCUT2D eigenvalue weighted by molar-refractivity contribution is 5.87. The number of rotatable bonds is 7. The maximum Gasteiger partial charge on any atom is 0.246 e. The zero-order valence-electron chi connectivity index (χ0n) is 22.7. The van der Waals surface area contributed by atoms with Gasteiger partial charge < -0.3 is 19.1 Å². The van der Waals surface area contributed by atoms with Crippen molar-refractivity contribution >= 4 is 17.9 Å². The number of allylic oxidation sites excluding steroid dienone is 1. The van der Waals surface area contributed by atoms with Gasteiger partial charge in [0.2, 0.25) is 18.2 Å². The third-order valence-corrected chi connectivity index (χ3v) is 6.57. The number of hydrogen-bond acceptors (Lipinski definition) is 5. The Balaban J connectivity index is 0.000000384. The molecule has 2 aromatic heterocycles. The molecule has 0 bridgehead atoms. The van der Waals surface area contributed by atoms with Gasteiger partial charge in [0, 0.05) is 69.0 Å². The molecule has 1 atom stereocenters. The normalized spacial score (nSPS) is 17.6. The fourth-order valence-electron chi connectivity index (χ4n) is 4.41. The third kappa shape index (κ3) is 7.32. The van der Waals surface area contributed by atoms with Crippen molar-refractivity contribution in [1.29, 1.82) is 0 Å². The maximum atomic E-state index is 11.9. The lowest BCUT2D eigenvalue weighted by molar-refractivity contribution is -0.129. The summed E-state index contributed by atoms with van der Waals surface area (Å²) in [7, 11) is 5.49. The molecule has 0 radical (unpaired) electrons. The third-order valence-electron chi connectivity index (χ3n) is 6.57. The Morgan fingerprint density at radius 3 is 2.44 bits per heavy atom. The summed E-state index contributed by atoms with van der Waals surface area (Å²) in [5, 5.41) is 3.92. The molecule has 1 saturated heterocycles. The van der Waals surface area contributed by atoms with Crippen molar-refractivity contribution in [3.05, 3.63) is 48.8 Å². The van der Waals surface area contributed by atoms with Crippen molar-refractivity contribution in [2.24, 2.45) is 14.1 Å². The number of carbonyl (C=O) groups excluding carboxylic acids is 2. The summed E-state index contributed by atoms with van der Waals surface area (Å²) in [5.41, 5.74) is 2.23. The molecule has 2 fully saturated rings. The summed E-state index contributed by atoms with van der Waals surface area (Å²) in [6, 6.07) is 1.80. The Labute approximate surface area is 215 Å². The number of ether oxygens (including phenoxy) is 1. The monoisotopic (exact) mass is 498 g/mol. The van der Waals surface area contributed by atoms with E-state index in [-0.39, 0.29) is 11.9 Å². The van der Waals surface area contributed by atoms with Gasteiger partial charge in [0.1, 0.15) is 5.82 Å². The molecule has 36 heavy (non-hydrogen) atoms. The number of aryl methyl sites for hydroxylation is 1. The van der Waals surface area contributed by atoms with Crippen molar-refractivity contribution in [1.82, 2.24) is 29.1 Å². The van der Waals surface area contributed by atoms with E-state index in [1.54, 1.807) is 27.7 Å². The van der Waals surface area contributed by atoms with E-state index in [0.29, 0.717) is 18.3 Å². The van der Waals surface area contributed by atoms with Crippen molar-refractivity contribution in [3.63, 3.8) is 0 Å². The summed E-state index contributed by atoms with van der Waals surface area (Å²) in [6.07, 6.45) is 13.4. The number of carbonyl (C=O) groups is 2. The molecule has 0 N–H and O–H groups in total. The molecule has 2 aliphatic rings. The fourth-order valence-corrected chi connectivity index (χ4v) is 4.41. The largest absolute Gasteiger partial charge is 0.480 e. The van der Waals surface area contributed by atoms with E-state index in [4.69, 9.17) is 4.74 Å². The van der Waals surface area contributed by atoms with E-state index in [0.717, 1.165) is 37.2 Å². The number of piperidine rings is 1. The van der Waals surface area contributed by atoms with Crippen LogP contribution in [0.3, 0.4) is 0 Å². The van der Waals surface area contributed by atoms with Crippen LogP contribution in [-0.2, 0) is 23.7 Å². The zero-order valence-corrected chi connectivity index (χ0v) is 22.7. The van der Waals surface area contributed by atoms with Gasteiger partial charge >= 0.3 is 0 Å². The van der Waals surface area contributed by atoms with Gasteiger partial charge in [-0.2, -0.15) is 0 Å². The molecule has 1 saturated carbocycles. The lowest BCUT2D eigenvalue weighted by Gasteiger charge is -2.36. The summed E-state index contributed by atoms with van der Waals surface area (Å²) >= 11 is 0. The van der Waals surface area contributed by atoms with Gasteiger partial charge in [0.15, 0.2) is 0 Å². The minimum atomic E-state index is -0.0736. The van der Waals surface area contributed by atoms with Crippen molar-refractivity contribution in [2.75, 3.05) is 20.2 Å². The molecule has 4 rings (SSSR count). The van der Waals surface area contributed by atoms with Gasteiger partial charge in [0.05, 0.1) is 13.2 Å². The SMILES string of the molecule is C=CC(=O)N1CCCC(N(C=O)/C=C(/C)c2ncc(C3CCC3)n2C)C1.CC.COc1ccn(C)n1. The topological polar surface area (TPSA) is 85.5 Å². The van der Waals surface area contributed by atoms with E-state index >= 15 is 0 Å². The molecule has 9 nitrogen and oxygen atoms in total. The Kier molecular flexibility index (Phi) is 11.4. The standard InChI is InChI=1S/C20H28N4O2.C5H8N2O.C2H6/c1-4-19(26)23-10-6-9-17(13-23)24(14-25)12-15(2)20-21-11-18(22(20)3)16-7-5-8-16;1-7-4-3-5(6-7)8-2;1-2/h4,11-12,14,16-17H,1,5-10,13H2,2-3H3;3-4H,1-2H3;1-2H3/b15-12-;;. The fraction of sp³-hybridized carbons (Fsp3) is 0.556. The number of methoxy groups -OCH3 is 1. The van der Waals surface area contributed by atoms with Crippen LogP contribution in [0.1, 0.15) is 70.3 Å². The predicted octanol–water partition coefficient (Wildman–Crippen LogP) is 4.14. The van der Waals surface area contributed by atoms with Crippen LogP contribution in [0.4, 0.5) is 0 Å². The number of aromatic nitrogens is 4. The van der Waals surface area contributed by atoms with Crippen LogP contribution in [0.5, 0.6) is 5.88 Å². The van der Waals surface area contributed by atoms with Crippen LogP contribution < -0.4 is 4.74 Å². The summed E-state index contributed by atoms with van der Waals surface area (Å²) in [4.78, 5) is 31.6. The molecule has 1 unspecified atom stereocenters. The molecule has 2 aromatic rings. The molecule has 3 heterocycles. The summed E-state index contributed by atoms with van der Waals surface area (Å²) in [5.74, 6) is 2.10. The number of amides is 2. The van der Waals surface area contributed by atoms with E-state index < -0.39 is 0 Å². The van der Waals surface area contributed by atoms with Crippen molar-refractivity contribution in [3.8, 4) is 5.88 Å². The minimum Gasteiger partial charge on any atom is -0.480 e. The second-order valence-corrected chi connectivity index (χ2v) is 8.87. The quantitative estimate of drug-likeness (QED) is 0.423. The predicted molar refractivity (Wildman–Crippen MR) is 142 cm³/mol. The average Bonchev–Trinajstić information content (AvgIpc) is 3.48. The van der Waals surface area contributed by atoms with Gasteiger partial charge in [0.25, 0.3) is 0 Å². The molecule has 9 heteroatoms. The molecule has 198 valence electrons. The molecular weight excluding hydrogens is 456 g/mol. The first-order chi connectivity index (χ1) is 17.4. The van der Waals surface area contributed by atoms with Crippen LogP contribution >= 0.6 is 0 Å². The highest BCUT2D eigenvalue weighted by Crippen LogP contribution is 2.36. The smallest absolute Gasteiger partial charge is 0.246 e. The Morgan fingerprint density at radius 1 is 1.22 bits per heavy atom. The van der Waals surface area contributed by atoms with Gasteiger partial charge in [-0.15, -0.1) is 5.10 Å². The minimum absolute atomic E-state index is 0.00790. The highest BCUT2D eigenvalue weighted by Gasteiger charge is 2.27. The average molecular weight is 499 g/mol. The second-order valence-electron chi connectivity index (χ2n) is 8.87. The van der Waals surface area contributed by atoms with E-state index in [1.807, 2.05) is 53.5 Å². The number of hydrogen-bond donors (Lipinski definition) is 0. The van der Waals surface area contributed by atoms with Crippen LogP contribution in [-0.4, -0.2) is 67.7 Å². The highest BCUT2D eigenvalue weighted by atomic mass is 16.5. The molecule has 0 aromatic carbocycles. The first kappa shape index (κ1) is 28.9. The lowest BCUT2D eigenvalue weighted by Crippen LogP contribution is -2.47. The second kappa shape index (κ2) is 14.3. The van der Waals surface area contributed by atoms with Gasteiger partial charge in [-0.05, 0) is 38.7 Å². The first-order valence-electron chi connectivity index (χ1n) is 12.8. The Morgan fingerprint density at radius 2 is 1.94 bits per heavy atom. The van der Waals surface area contributed by atoms with Crippen LogP contribution in [0.25, 0.3) is 5.57 Å². The summed E-state index contributed by atoms with van der Waals surface area (Å²) in [6.45, 7) is 10.8. The van der Waals surface area contributed by atoms with E-state index in [1.165, 1.54) is 31.0 Å². The maximum absolute atomic E-state index is 11.9. The Bertz CT molecular complexity index is 1020. The first-order valence-corrected chi connectivity index (χ1v) is 12.8. The van der Waals surface area contributed by atoms with Gasteiger partial charge in [-0.25, -0.2) is 4.98 Å². The van der Waals surface area contributed by atoms with Gasteiger partial charge in [-0.3, -0.25) is 14.3 Å². The number of imidazole rings is 1. The lowest BCUT2D eigenvalue weighted by atomic mass is 9.83. The molecule has 1 aliphatic heterocycles. The molecular formula is C27H42N6O3. The molecule has 1 aliphatic carbocycles. The van der Waals surface area contributed by atoms with Crippen LogP contribution in [0.2, 0.25) is 0 Å². The van der Waals surface area contributed by atoms with Crippen molar-refractivity contribution in [2.45, 2.75) is 64.8 Å². The van der Waals surface area contributed by atoms with E-state index in [2.05, 4.69) is 21.2 Å². The molecule has 2 amide bonds. The van der Waals surface area contributed by atoms with Crippen LogP contribution in [0.15, 0.2) is 37.3 Å². The number of likely N-dealkylation sites (tertiary alicyclic amines) is 1.